The first-order chi connectivity index (χ1) is 7.81. The molecule has 0 radical (unpaired) electrons. The maximum atomic E-state index is 9.96. The molecule has 1 aliphatic carbocycles. The SMILES string of the molecule is CCN(CC1CCCCN1)C1CCCC1O. The van der Waals surface area contributed by atoms with Gasteiger partial charge in [-0.25, -0.2) is 0 Å². The molecule has 3 nitrogen and oxygen atoms in total. The maximum Gasteiger partial charge on any atom is 0.0695 e. The van der Waals surface area contributed by atoms with Crippen molar-refractivity contribution in [3.05, 3.63) is 0 Å². The Morgan fingerprint density at radius 2 is 2.06 bits per heavy atom. The van der Waals surface area contributed by atoms with Crippen LogP contribution in [0.2, 0.25) is 0 Å². The first kappa shape index (κ1) is 12.3. The van der Waals surface area contributed by atoms with Gasteiger partial charge in [-0.3, -0.25) is 4.90 Å². The summed E-state index contributed by atoms with van der Waals surface area (Å²) in [6.45, 7) is 5.58. The largest absolute Gasteiger partial charge is 0.391 e. The number of nitrogens with zero attached hydrogens (tertiary/aromatic N) is 1. The normalized spacial score (nSPS) is 35.8. The van der Waals surface area contributed by atoms with Crippen LogP contribution in [0.1, 0.15) is 45.4 Å². The first-order valence-electron chi connectivity index (χ1n) is 6.96. The Labute approximate surface area is 99.2 Å². The second-order valence-electron chi connectivity index (χ2n) is 5.30. The zero-order valence-corrected chi connectivity index (χ0v) is 10.5. The Balaban J connectivity index is 1.84. The minimum Gasteiger partial charge on any atom is -0.391 e. The summed E-state index contributed by atoms with van der Waals surface area (Å²) < 4.78 is 0. The highest BCUT2D eigenvalue weighted by molar-refractivity contribution is 4.87. The molecule has 2 rings (SSSR count). The lowest BCUT2D eigenvalue weighted by Crippen LogP contribution is -2.49. The van der Waals surface area contributed by atoms with Crippen molar-refractivity contribution in [2.45, 2.75) is 63.6 Å². The van der Waals surface area contributed by atoms with E-state index in [9.17, 15) is 5.11 Å². The highest BCUT2D eigenvalue weighted by atomic mass is 16.3. The highest BCUT2D eigenvalue weighted by Crippen LogP contribution is 2.24. The topological polar surface area (TPSA) is 35.5 Å². The number of likely N-dealkylation sites (N-methyl/N-ethyl adjacent to an activating group) is 1. The van der Waals surface area contributed by atoms with Crippen LogP contribution >= 0.6 is 0 Å². The van der Waals surface area contributed by atoms with Gasteiger partial charge < -0.3 is 10.4 Å². The molecule has 2 N–H and O–H groups in total. The van der Waals surface area contributed by atoms with Gasteiger partial charge in [-0.15, -0.1) is 0 Å². The number of hydrogen-bond donors (Lipinski definition) is 2. The van der Waals surface area contributed by atoms with Gasteiger partial charge in [-0.05, 0) is 45.2 Å². The molecular weight excluding hydrogens is 200 g/mol. The van der Waals surface area contributed by atoms with Gasteiger partial charge in [0.15, 0.2) is 0 Å². The van der Waals surface area contributed by atoms with Crippen molar-refractivity contribution in [1.29, 1.82) is 0 Å². The van der Waals surface area contributed by atoms with Gasteiger partial charge in [-0.2, -0.15) is 0 Å². The van der Waals surface area contributed by atoms with Crippen molar-refractivity contribution in [3.8, 4) is 0 Å². The van der Waals surface area contributed by atoms with Crippen LogP contribution in [0, 0.1) is 0 Å². The van der Waals surface area contributed by atoms with Crippen LogP contribution in [0.3, 0.4) is 0 Å². The number of hydrogen-bond acceptors (Lipinski definition) is 3. The standard InChI is InChI=1S/C13H26N2O/c1-2-15(12-7-5-8-13(12)16)10-11-6-3-4-9-14-11/h11-14,16H,2-10H2,1H3. The van der Waals surface area contributed by atoms with E-state index in [1.165, 1.54) is 38.6 Å². The molecule has 1 saturated carbocycles. The lowest BCUT2D eigenvalue weighted by Gasteiger charge is -2.35. The first-order valence-corrected chi connectivity index (χ1v) is 6.96. The number of rotatable bonds is 4. The molecule has 3 unspecified atom stereocenters. The fourth-order valence-corrected chi connectivity index (χ4v) is 3.21. The third-order valence-electron chi connectivity index (χ3n) is 4.19. The number of nitrogens with one attached hydrogen (secondary N) is 1. The van der Waals surface area contributed by atoms with E-state index in [4.69, 9.17) is 0 Å². The number of piperidine rings is 1. The van der Waals surface area contributed by atoms with Crippen molar-refractivity contribution < 1.29 is 5.11 Å². The third kappa shape index (κ3) is 2.96. The predicted octanol–water partition coefficient (Wildman–Crippen LogP) is 1.36. The van der Waals surface area contributed by atoms with E-state index in [1.54, 1.807) is 0 Å². The summed E-state index contributed by atoms with van der Waals surface area (Å²) in [7, 11) is 0. The summed E-state index contributed by atoms with van der Waals surface area (Å²) >= 11 is 0. The molecule has 2 fully saturated rings. The minimum atomic E-state index is -0.0801. The second kappa shape index (κ2) is 5.99. The zero-order chi connectivity index (χ0) is 11.4. The van der Waals surface area contributed by atoms with Crippen LogP contribution in [-0.4, -0.2) is 47.8 Å². The second-order valence-corrected chi connectivity index (χ2v) is 5.30. The molecule has 0 bridgehead atoms. The summed E-state index contributed by atoms with van der Waals surface area (Å²) in [5.41, 5.74) is 0. The molecule has 0 amide bonds. The lowest BCUT2D eigenvalue weighted by molar-refractivity contribution is 0.0655. The Morgan fingerprint density at radius 1 is 1.19 bits per heavy atom. The van der Waals surface area contributed by atoms with E-state index in [2.05, 4.69) is 17.1 Å². The average Bonchev–Trinajstić information content (AvgIpc) is 2.74. The van der Waals surface area contributed by atoms with Crippen LogP contribution in [0.4, 0.5) is 0 Å². The van der Waals surface area contributed by atoms with Crippen molar-refractivity contribution in [3.63, 3.8) is 0 Å². The van der Waals surface area contributed by atoms with Crippen molar-refractivity contribution >= 4 is 0 Å². The zero-order valence-electron chi connectivity index (χ0n) is 10.5. The minimum absolute atomic E-state index is 0.0801. The van der Waals surface area contributed by atoms with Crippen LogP contribution in [0.25, 0.3) is 0 Å². The van der Waals surface area contributed by atoms with E-state index in [-0.39, 0.29) is 6.10 Å². The Hall–Kier alpha value is -0.120. The summed E-state index contributed by atoms with van der Waals surface area (Å²) in [5, 5.41) is 13.6. The van der Waals surface area contributed by atoms with Crippen LogP contribution < -0.4 is 5.32 Å². The molecule has 0 spiro atoms. The third-order valence-corrected chi connectivity index (χ3v) is 4.19. The molecule has 94 valence electrons. The predicted molar refractivity (Wildman–Crippen MR) is 66.5 cm³/mol. The summed E-state index contributed by atoms with van der Waals surface area (Å²) in [6.07, 6.45) is 7.29. The highest BCUT2D eigenvalue weighted by Gasteiger charge is 2.31. The van der Waals surface area contributed by atoms with E-state index in [1.807, 2.05) is 0 Å². The fraction of sp³-hybridized carbons (Fsp3) is 1.00. The molecule has 1 saturated heterocycles. The van der Waals surface area contributed by atoms with Crippen LogP contribution in [-0.2, 0) is 0 Å². The number of aliphatic hydroxyl groups excluding tert-OH is 1. The van der Waals surface area contributed by atoms with Gasteiger partial charge >= 0.3 is 0 Å². The lowest BCUT2D eigenvalue weighted by atomic mass is 10.0. The smallest absolute Gasteiger partial charge is 0.0695 e. The van der Waals surface area contributed by atoms with Gasteiger partial charge in [0.25, 0.3) is 0 Å². The van der Waals surface area contributed by atoms with Gasteiger partial charge in [0, 0.05) is 18.6 Å². The molecule has 0 aromatic rings. The molecule has 16 heavy (non-hydrogen) atoms. The maximum absolute atomic E-state index is 9.96. The van der Waals surface area contributed by atoms with Crippen molar-refractivity contribution in [2.24, 2.45) is 0 Å². The summed E-state index contributed by atoms with van der Waals surface area (Å²) in [4.78, 5) is 2.49. The Kier molecular flexibility index (Phi) is 4.62. The van der Waals surface area contributed by atoms with Crippen molar-refractivity contribution in [1.82, 2.24) is 10.2 Å². The van der Waals surface area contributed by atoms with Gasteiger partial charge in [0.1, 0.15) is 0 Å². The summed E-state index contributed by atoms with van der Waals surface area (Å²) in [5.74, 6) is 0. The van der Waals surface area contributed by atoms with E-state index >= 15 is 0 Å². The fourth-order valence-electron chi connectivity index (χ4n) is 3.21. The molecule has 3 atom stereocenters. The Bertz CT molecular complexity index is 204. The van der Waals surface area contributed by atoms with E-state index in [0.29, 0.717) is 12.1 Å². The monoisotopic (exact) mass is 226 g/mol. The van der Waals surface area contributed by atoms with E-state index < -0.39 is 0 Å². The molecule has 0 aromatic heterocycles. The molecule has 3 heteroatoms. The van der Waals surface area contributed by atoms with Gasteiger partial charge in [0.05, 0.1) is 6.10 Å². The molecule has 1 aliphatic heterocycles. The summed E-state index contributed by atoms with van der Waals surface area (Å²) in [6, 6.07) is 1.08. The molecule has 1 heterocycles. The molecule has 2 aliphatic rings. The quantitative estimate of drug-likeness (QED) is 0.760. The number of aliphatic hydroxyl groups is 1. The van der Waals surface area contributed by atoms with Crippen molar-refractivity contribution in [2.75, 3.05) is 19.6 Å². The average molecular weight is 226 g/mol. The van der Waals surface area contributed by atoms with Gasteiger partial charge in [0.2, 0.25) is 0 Å². The van der Waals surface area contributed by atoms with Crippen LogP contribution in [0.5, 0.6) is 0 Å². The van der Waals surface area contributed by atoms with Gasteiger partial charge in [-0.1, -0.05) is 13.3 Å². The molecule has 0 aromatic carbocycles. The Morgan fingerprint density at radius 3 is 2.62 bits per heavy atom. The van der Waals surface area contributed by atoms with E-state index in [0.717, 1.165) is 19.5 Å². The van der Waals surface area contributed by atoms with Crippen LogP contribution in [0.15, 0.2) is 0 Å². The molecular formula is C13H26N2O.